The first-order valence-electron chi connectivity index (χ1n) is 6.26. The molecular formula is C14H24N2O2. The van der Waals surface area contributed by atoms with Crippen LogP contribution in [-0.4, -0.2) is 32.8 Å². The van der Waals surface area contributed by atoms with E-state index < -0.39 is 0 Å². The van der Waals surface area contributed by atoms with Gasteiger partial charge in [-0.15, -0.1) is 0 Å². The molecular weight excluding hydrogens is 228 g/mol. The summed E-state index contributed by atoms with van der Waals surface area (Å²) in [6, 6.07) is 6.37. The van der Waals surface area contributed by atoms with Crippen LogP contribution in [0.2, 0.25) is 0 Å². The molecule has 4 heteroatoms. The second kappa shape index (κ2) is 7.24. The van der Waals surface area contributed by atoms with Crippen molar-refractivity contribution >= 4 is 0 Å². The Morgan fingerprint density at radius 2 is 1.94 bits per heavy atom. The van der Waals surface area contributed by atoms with E-state index in [0.29, 0.717) is 6.04 Å². The Kier molecular flexibility index (Phi) is 5.95. The van der Waals surface area contributed by atoms with Gasteiger partial charge < -0.3 is 20.5 Å². The van der Waals surface area contributed by atoms with Crippen LogP contribution in [0.5, 0.6) is 11.5 Å². The Balaban J connectivity index is 2.69. The zero-order chi connectivity index (χ0) is 13.5. The van der Waals surface area contributed by atoms with Crippen LogP contribution in [0.4, 0.5) is 0 Å². The number of methoxy groups -OCH3 is 2. The standard InChI is InChI=1S/C14H24N2O2/c1-10(15)9-16-11(2)7-12-8-13(17-3)5-6-14(12)18-4/h5-6,8,10-11,16H,7,9,15H2,1-4H3. The number of benzene rings is 1. The molecule has 0 radical (unpaired) electrons. The zero-order valence-corrected chi connectivity index (χ0v) is 11.7. The first-order chi connectivity index (χ1) is 8.56. The summed E-state index contributed by atoms with van der Waals surface area (Å²) >= 11 is 0. The van der Waals surface area contributed by atoms with Crippen molar-refractivity contribution in [1.82, 2.24) is 5.32 Å². The van der Waals surface area contributed by atoms with Gasteiger partial charge in [0.2, 0.25) is 0 Å². The minimum atomic E-state index is 0.166. The fourth-order valence-electron chi connectivity index (χ4n) is 1.83. The number of nitrogens with two attached hydrogens (primary N) is 1. The lowest BCUT2D eigenvalue weighted by atomic mass is 10.1. The van der Waals surface area contributed by atoms with Crippen molar-refractivity contribution in [3.05, 3.63) is 23.8 Å². The molecule has 0 bridgehead atoms. The Bertz CT molecular complexity index is 367. The van der Waals surface area contributed by atoms with Crippen LogP contribution in [-0.2, 0) is 6.42 Å². The fraction of sp³-hybridized carbons (Fsp3) is 0.571. The predicted molar refractivity (Wildman–Crippen MR) is 74.4 cm³/mol. The van der Waals surface area contributed by atoms with Crippen molar-refractivity contribution < 1.29 is 9.47 Å². The maximum absolute atomic E-state index is 5.73. The zero-order valence-electron chi connectivity index (χ0n) is 11.7. The maximum atomic E-state index is 5.73. The summed E-state index contributed by atoms with van der Waals surface area (Å²) in [6.07, 6.45) is 0.882. The summed E-state index contributed by atoms with van der Waals surface area (Å²) in [4.78, 5) is 0. The van der Waals surface area contributed by atoms with Gasteiger partial charge in [0.05, 0.1) is 14.2 Å². The number of ether oxygens (including phenoxy) is 2. The first-order valence-corrected chi connectivity index (χ1v) is 6.26. The van der Waals surface area contributed by atoms with Gasteiger partial charge in [-0.2, -0.15) is 0 Å². The van der Waals surface area contributed by atoms with Crippen molar-refractivity contribution in [2.45, 2.75) is 32.4 Å². The molecule has 3 N–H and O–H groups in total. The summed E-state index contributed by atoms with van der Waals surface area (Å²) in [6.45, 7) is 4.95. The van der Waals surface area contributed by atoms with Crippen molar-refractivity contribution in [2.75, 3.05) is 20.8 Å². The molecule has 0 aliphatic rings. The summed E-state index contributed by atoms with van der Waals surface area (Å²) in [5.74, 6) is 1.75. The molecule has 18 heavy (non-hydrogen) atoms. The Hall–Kier alpha value is -1.26. The van der Waals surface area contributed by atoms with E-state index in [-0.39, 0.29) is 6.04 Å². The van der Waals surface area contributed by atoms with Crippen LogP contribution in [0.3, 0.4) is 0 Å². The summed E-state index contributed by atoms with van der Waals surface area (Å²) < 4.78 is 10.6. The van der Waals surface area contributed by atoms with Crippen molar-refractivity contribution in [3.63, 3.8) is 0 Å². The van der Waals surface area contributed by atoms with Crippen LogP contribution in [0.25, 0.3) is 0 Å². The number of hydrogen-bond donors (Lipinski definition) is 2. The van der Waals surface area contributed by atoms with Gasteiger partial charge in [-0.3, -0.25) is 0 Å². The van der Waals surface area contributed by atoms with Gasteiger partial charge in [0.1, 0.15) is 11.5 Å². The van der Waals surface area contributed by atoms with E-state index in [9.17, 15) is 0 Å². The average molecular weight is 252 g/mol. The third kappa shape index (κ3) is 4.55. The normalized spacial score (nSPS) is 14.1. The summed E-state index contributed by atoms with van der Waals surface area (Å²) in [7, 11) is 3.36. The lowest BCUT2D eigenvalue weighted by Gasteiger charge is -2.17. The molecule has 0 saturated heterocycles. The Labute approximate surface area is 109 Å². The molecule has 0 saturated carbocycles. The molecule has 1 aromatic rings. The van der Waals surface area contributed by atoms with Gasteiger partial charge in [0.15, 0.2) is 0 Å². The van der Waals surface area contributed by atoms with Crippen molar-refractivity contribution in [3.8, 4) is 11.5 Å². The van der Waals surface area contributed by atoms with Crippen LogP contribution in [0.15, 0.2) is 18.2 Å². The SMILES string of the molecule is COc1ccc(OC)c(CC(C)NCC(C)N)c1. The molecule has 2 unspecified atom stereocenters. The third-order valence-electron chi connectivity index (χ3n) is 2.80. The molecule has 1 aromatic carbocycles. The second-order valence-electron chi connectivity index (χ2n) is 4.67. The molecule has 0 aliphatic carbocycles. The molecule has 0 aromatic heterocycles. The van der Waals surface area contributed by atoms with E-state index in [1.54, 1.807) is 14.2 Å². The first kappa shape index (κ1) is 14.8. The minimum Gasteiger partial charge on any atom is -0.497 e. The highest BCUT2D eigenvalue weighted by Crippen LogP contribution is 2.25. The molecule has 102 valence electrons. The largest absolute Gasteiger partial charge is 0.497 e. The summed E-state index contributed by atoms with van der Waals surface area (Å²) in [5.41, 5.74) is 6.87. The lowest BCUT2D eigenvalue weighted by Crippen LogP contribution is -2.37. The van der Waals surface area contributed by atoms with Crippen LogP contribution in [0.1, 0.15) is 19.4 Å². The molecule has 0 amide bonds. The molecule has 4 nitrogen and oxygen atoms in total. The molecule has 0 aliphatic heterocycles. The van der Waals surface area contributed by atoms with E-state index in [1.165, 1.54) is 0 Å². The Morgan fingerprint density at radius 1 is 1.22 bits per heavy atom. The molecule has 1 rings (SSSR count). The van der Waals surface area contributed by atoms with Crippen LogP contribution < -0.4 is 20.5 Å². The number of rotatable bonds is 7. The van der Waals surface area contributed by atoms with Gasteiger partial charge in [0.25, 0.3) is 0 Å². The fourth-order valence-corrected chi connectivity index (χ4v) is 1.83. The molecule has 0 spiro atoms. The van der Waals surface area contributed by atoms with Gasteiger partial charge in [-0.25, -0.2) is 0 Å². The van der Waals surface area contributed by atoms with Crippen LogP contribution in [0, 0.1) is 0 Å². The molecule has 0 heterocycles. The smallest absolute Gasteiger partial charge is 0.122 e. The van der Waals surface area contributed by atoms with Crippen LogP contribution >= 0.6 is 0 Å². The monoisotopic (exact) mass is 252 g/mol. The lowest BCUT2D eigenvalue weighted by molar-refractivity contribution is 0.395. The van der Waals surface area contributed by atoms with E-state index >= 15 is 0 Å². The quantitative estimate of drug-likeness (QED) is 0.773. The van der Waals surface area contributed by atoms with Gasteiger partial charge in [-0.05, 0) is 44.0 Å². The van der Waals surface area contributed by atoms with E-state index in [0.717, 1.165) is 30.0 Å². The topological polar surface area (TPSA) is 56.5 Å². The van der Waals surface area contributed by atoms with Gasteiger partial charge in [0, 0.05) is 18.6 Å². The van der Waals surface area contributed by atoms with E-state index in [2.05, 4.69) is 12.2 Å². The highest BCUT2D eigenvalue weighted by molar-refractivity contribution is 5.40. The van der Waals surface area contributed by atoms with E-state index in [1.807, 2.05) is 25.1 Å². The highest BCUT2D eigenvalue weighted by atomic mass is 16.5. The number of hydrogen-bond acceptors (Lipinski definition) is 4. The second-order valence-corrected chi connectivity index (χ2v) is 4.67. The predicted octanol–water partition coefficient (Wildman–Crippen LogP) is 1.57. The number of nitrogens with one attached hydrogen (secondary N) is 1. The maximum Gasteiger partial charge on any atom is 0.122 e. The highest BCUT2D eigenvalue weighted by Gasteiger charge is 2.10. The van der Waals surface area contributed by atoms with Crippen molar-refractivity contribution in [2.24, 2.45) is 5.73 Å². The third-order valence-corrected chi connectivity index (χ3v) is 2.80. The van der Waals surface area contributed by atoms with E-state index in [4.69, 9.17) is 15.2 Å². The average Bonchev–Trinajstić information content (AvgIpc) is 2.36. The minimum absolute atomic E-state index is 0.166. The molecule has 0 fully saturated rings. The Morgan fingerprint density at radius 3 is 2.50 bits per heavy atom. The molecule has 2 atom stereocenters. The van der Waals surface area contributed by atoms with Gasteiger partial charge in [-0.1, -0.05) is 0 Å². The van der Waals surface area contributed by atoms with Gasteiger partial charge >= 0.3 is 0 Å². The summed E-state index contributed by atoms with van der Waals surface area (Å²) in [5, 5.41) is 3.40. The van der Waals surface area contributed by atoms with Crippen molar-refractivity contribution in [1.29, 1.82) is 0 Å².